The fourth-order valence-corrected chi connectivity index (χ4v) is 2.09. The van der Waals surface area contributed by atoms with E-state index in [9.17, 15) is 8.78 Å². The number of aromatic nitrogens is 2. The Hall–Kier alpha value is -0.880. The lowest BCUT2D eigenvalue weighted by Crippen LogP contribution is -1.76. The van der Waals surface area contributed by atoms with E-state index < -0.39 is 11.9 Å². The van der Waals surface area contributed by atoms with Crippen LogP contribution in [0.25, 0.3) is 10.0 Å². The van der Waals surface area contributed by atoms with Crippen LogP contribution in [-0.4, -0.2) is 9.97 Å². The van der Waals surface area contributed by atoms with Crippen molar-refractivity contribution in [3.8, 4) is 10.0 Å². The largest absolute Gasteiger partial charge is 0.224 e. The summed E-state index contributed by atoms with van der Waals surface area (Å²) in [5.41, 5.74) is 0. The maximum Gasteiger partial charge on any atom is 0.224 e. The molecule has 0 aliphatic carbocycles. The number of hydrogen-bond donors (Lipinski definition) is 0. The summed E-state index contributed by atoms with van der Waals surface area (Å²) in [6, 6.07) is 0. The number of halogens is 2. The molecule has 0 amide bonds. The molecule has 2 nitrogen and oxygen atoms in total. The number of nitrogens with zero attached hydrogens (tertiary/aromatic N) is 2. The van der Waals surface area contributed by atoms with Gasteiger partial charge in [0.1, 0.15) is 0 Å². The fourth-order valence-electron chi connectivity index (χ4n) is 0.705. The van der Waals surface area contributed by atoms with Gasteiger partial charge in [-0.15, -0.1) is 22.7 Å². The number of thiazole rings is 2. The van der Waals surface area contributed by atoms with Gasteiger partial charge in [0.2, 0.25) is 11.9 Å². The minimum atomic E-state index is -0.550. The van der Waals surface area contributed by atoms with Gasteiger partial charge in [-0.1, -0.05) is 0 Å². The highest BCUT2D eigenvalue weighted by atomic mass is 32.1. The van der Waals surface area contributed by atoms with E-state index >= 15 is 0 Å². The molecule has 6 heteroatoms. The average Bonchev–Trinajstić information content (AvgIpc) is 2.58. The molecular formula is C6H2F2N2S2. The average molecular weight is 204 g/mol. The quantitative estimate of drug-likeness (QED) is 0.713. The van der Waals surface area contributed by atoms with Crippen LogP contribution in [0, 0.1) is 11.9 Å². The Morgan fingerprint density at radius 2 is 1.33 bits per heavy atom. The SMILES string of the molecule is Fc1csc(-c2nc(F)cs2)n1. The molecule has 0 aromatic carbocycles. The van der Waals surface area contributed by atoms with Crippen molar-refractivity contribution in [2.75, 3.05) is 0 Å². The molecule has 0 fully saturated rings. The topological polar surface area (TPSA) is 25.8 Å². The van der Waals surface area contributed by atoms with Crippen LogP contribution in [0.1, 0.15) is 0 Å². The Balaban J connectivity index is 2.43. The second-order valence-corrected chi connectivity index (χ2v) is 3.67. The summed E-state index contributed by atoms with van der Waals surface area (Å²) < 4.78 is 24.8. The van der Waals surface area contributed by atoms with E-state index in [0.29, 0.717) is 10.0 Å². The van der Waals surface area contributed by atoms with Crippen LogP contribution >= 0.6 is 22.7 Å². The normalized spacial score (nSPS) is 10.5. The third-order valence-corrected chi connectivity index (χ3v) is 2.90. The van der Waals surface area contributed by atoms with Gasteiger partial charge in [0.05, 0.1) is 0 Å². The monoisotopic (exact) mass is 204 g/mol. The van der Waals surface area contributed by atoms with Crippen LogP contribution < -0.4 is 0 Å². The third kappa shape index (κ3) is 1.35. The molecule has 0 N–H and O–H groups in total. The Kier molecular flexibility index (Phi) is 1.86. The molecular weight excluding hydrogens is 202 g/mol. The molecule has 2 aromatic heterocycles. The minimum absolute atomic E-state index is 0.418. The second-order valence-electron chi connectivity index (χ2n) is 1.95. The van der Waals surface area contributed by atoms with Crippen LogP contribution in [0.2, 0.25) is 0 Å². The summed E-state index contributed by atoms with van der Waals surface area (Å²) in [5.74, 6) is -1.10. The lowest BCUT2D eigenvalue weighted by Gasteiger charge is -1.82. The van der Waals surface area contributed by atoms with Gasteiger partial charge in [0.15, 0.2) is 10.0 Å². The molecule has 2 rings (SSSR count). The molecule has 2 heterocycles. The van der Waals surface area contributed by atoms with Crippen molar-refractivity contribution in [1.29, 1.82) is 0 Å². The fraction of sp³-hybridized carbons (Fsp3) is 0. The molecule has 0 saturated heterocycles. The zero-order chi connectivity index (χ0) is 8.55. The van der Waals surface area contributed by atoms with Gasteiger partial charge in [-0.2, -0.15) is 8.78 Å². The first-order valence-electron chi connectivity index (χ1n) is 2.98. The van der Waals surface area contributed by atoms with E-state index in [2.05, 4.69) is 9.97 Å². The predicted molar refractivity (Wildman–Crippen MR) is 43.1 cm³/mol. The summed E-state index contributed by atoms with van der Waals surface area (Å²) in [4.78, 5) is 7.05. The van der Waals surface area contributed by atoms with Crippen LogP contribution in [0.15, 0.2) is 10.8 Å². The van der Waals surface area contributed by atoms with Crippen LogP contribution in [0.4, 0.5) is 8.78 Å². The highest BCUT2D eigenvalue weighted by Crippen LogP contribution is 2.25. The summed E-state index contributed by atoms with van der Waals surface area (Å²) in [7, 11) is 0. The van der Waals surface area contributed by atoms with Crippen molar-refractivity contribution < 1.29 is 8.78 Å². The third-order valence-electron chi connectivity index (χ3n) is 1.14. The second kappa shape index (κ2) is 2.87. The number of rotatable bonds is 1. The maximum absolute atomic E-state index is 12.4. The van der Waals surface area contributed by atoms with Gasteiger partial charge in [-0.25, -0.2) is 9.97 Å². The van der Waals surface area contributed by atoms with Crippen molar-refractivity contribution in [3.63, 3.8) is 0 Å². The van der Waals surface area contributed by atoms with Gasteiger partial charge >= 0.3 is 0 Å². The predicted octanol–water partition coefficient (Wildman–Crippen LogP) is 2.54. The lowest BCUT2D eigenvalue weighted by molar-refractivity contribution is 0.588. The Labute approximate surface area is 74.5 Å². The first-order chi connectivity index (χ1) is 5.75. The van der Waals surface area contributed by atoms with Gasteiger partial charge in [-0.3, -0.25) is 0 Å². The molecule has 0 bridgehead atoms. The first kappa shape index (κ1) is 7.75. The lowest BCUT2D eigenvalue weighted by atomic mass is 10.7. The maximum atomic E-state index is 12.4. The van der Waals surface area contributed by atoms with E-state index in [1.807, 2.05) is 0 Å². The first-order valence-corrected chi connectivity index (χ1v) is 4.74. The molecule has 0 atom stereocenters. The van der Waals surface area contributed by atoms with Crippen molar-refractivity contribution in [2.24, 2.45) is 0 Å². The molecule has 0 aliphatic rings. The molecule has 0 spiro atoms. The highest BCUT2D eigenvalue weighted by molar-refractivity contribution is 7.19. The Bertz CT molecular complexity index is 357. The molecule has 0 aliphatic heterocycles. The Morgan fingerprint density at radius 3 is 1.58 bits per heavy atom. The van der Waals surface area contributed by atoms with Crippen molar-refractivity contribution in [2.45, 2.75) is 0 Å². The van der Waals surface area contributed by atoms with E-state index in [1.54, 1.807) is 0 Å². The van der Waals surface area contributed by atoms with Crippen molar-refractivity contribution in [1.82, 2.24) is 9.97 Å². The Morgan fingerprint density at radius 1 is 0.917 bits per heavy atom. The van der Waals surface area contributed by atoms with Crippen molar-refractivity contribution >= 4 is 22.7 Å². The zero-order valence-corrected chi connectivity index (χ0v) is 7.25. The summed E-state index contributed by atoms with van der Waals surface area (Å²) in [6.07, 6.45) is 0. The van der Waals surface area contributed by atoms with Crippen LogP contribution in [0.3, 0.4) is 0 Å². The van der Waals surface area contributed by atoms with Crippen LogP contribution in [-0.2, 0) is 0 Å². The summed E-state index contributed by atoms with van der Waals surface area (Å²) in [5, 5.41) is 3.35. The highest BCUT2D eigenvalue weighted by Gasteiger charge is 2.08. The minimum Gasteiger partial charge on any atom is -0.205 e. The molecule has 0 saturated carbocycles. The molecule has 0 unspecified atom stereocenters. The standard InChI is InChI=1S/C6H2F2N2S2/c7-3-1-11-5(9-3)6-10-4(8)2-12-6/h1-2H. The molecule has 0 radical (unpaired) electrons. The zero-order valence-electron chi connectivity index (χ0n) is 5.62. The van der Waals surface area contributed by atoms with E-state index in [-0.39, 0.29) is 0 Å². The summed E-state index contributed by atoms with van der Waals surface area (Å²) >= 11 is 2.22. The van der Waals surface area contributed by atoms with Crippen LogP contribution in [0.5, 0.6) is 0 Å². The van der Waals surface area contributed by atoms with Gasteiger partial charge < -0.3 is 0 Å². The molecule has 2 aromatic rings. The van der Waals surface area contributed by atoms with E-state index in [1.165, 1.54) is 10.8 Å². The molecule has 62 valence electrons. The van der Waals surface area contributed by atoms with Gasteiger partial charge in [0.25, 0.3) is 0 Å². The smallest absolute Gasteiger partial charge is 0.205 e. The van der Waals surface area contributed by atoms with Crippen molar-refractivity contribution in [3.05, 3.63) is 22.7 Å². The summed E-state index contributed by atoms with van der Waals surface area (Å²) in [6.45, 7) is 0. The van der Waals surface area contributed by atoms with E-state index in [0.717, 1.165) is 22.7 Å². The van der Waals surface area contributed by atoms with Gasteiger partial charge in [0, 0.05) is 10.8 Å². The number of hydrogen-bond acceptors (Lipinski definition) is 4. The molecule has 12 heavy (non-hydrogen) atoms. The van der Waals surface area contributed by atoms with Gasteiger partial charge in [-0.05, 0) is 0 Å². The van der Waals surface area contributed by atoms with E-state index in [4.69, 9.17) is 0 Å².